The van der Waals surface area contributed by atoms with Crippen LogP contribution in [-0.4, -0.2) is 65.0 Å². The van der Waals surface area contributed by atoms with Crippen molar-refractivity contribution in [3.8, 4) is 11.3 Å². The number of hydrogen-bond donors (Lipinski definition) is 2. The molecule has 0 radical (unpaired) electrons. The maximum absolute atomic E-state index is 13.3. The molecule has 2 aromatic carbocycles. The lowest BCUT2D eigenvalue weighted by Gasteiger charge is -2.37. The van der Waals surface area contributed by atoms with Gasteiger partial charge in [-0.25, -0.2) is 4.98 Å². The number of nitrogens with zero attached hydrogens (tertiary/aromatic N) is 3. The van der Waals surface area contributed by atoms with Gasteiger partial charge in [-0.2, -0.15) is 0 Å². The molecule has 0 unspecified atom stereocenters. The van der Waals surface area contributed by atoms with E-state index in [0.29, 0.717) is 31.9 Å². The van der Waals surface area contributed by atoms with Crippen LogP contribution in [-0.2, 0) is 9.59 Å². The fourth-order valence-corrected chi connectivity index (χ4v) is 4.32. The zero-order valence-corrected chi connectivity index (χ0v) is 20.3. The lowest BCUT2D eigenvalue weighted by atomic mass is 10.1. The molecule has 1 aliphatic rings. The minimum absolute atomic E-state index is 0.0103. The van der Waals surface area contributed by atoms with Gasteiger partial charge in [-0.05, 0) is 43.2 Å². The molecule has 0 saturated carbocycles. The lowest BCUT2D eigenvalue weighted by molar-refractivity contribution is -0.138. The van der Waals surface area contributed by atoms with Crippen molar-refractivity contribution in [2.75, 3.05) is 31.1 Å². The first-order valence-electron chi connectivity index (χ1n) is 12.1. The van der Waals surface area contributed by atoms with Crippen LogP contribution in [0.4, 0.5) is 5.69 Å². The third-order valence-electron chi connectivity index (χ3n) is 6.26. The number of carbonyl (C=O) groups is 3. The highest BCUT2D eigenvalue weighted by Gasteiger charge is 2.29. The number of piperazine rings is 1. The zero-order valence-electron chi connectivity index (χ0n) is 20.3. The van der Waals surface area contributed by atoms with Crippen molar-refractivity contribution in [2.45, 2.75) is 25.8 Å². The number of amides is 2. The average molecular weight is 487 g/mol. The van der Waals surface area contributed by atoms with Crippen molar-refractivity contribution in [1.82, 2.24) is 15.2 Å². The number of aryl methyl sites for hydroxylation is 1. The molecule has 3 aromatic rings. The molecule has 2 heterocycles. The Balaban J connectivity index is 1.44. The number of carbonyl (C=O) groups excluding carboxylic acids is 2. The summed E-state index contributed by atoms with van der Waals surface area (Å²) >= 11 is 0. The molecule has 0 aliphatic carbocycles. The number of aliphatic carboxylic acids is 1. The Morgan fingerprint density at radius 2 is 1.67 bits per heavy atom. The monoisotopic (exact) mass is 486 g/mol. The first-order chi connectivity index (χ1) is 17.4. The van der Waals surface area contributed by atoms with Crippen LogP contribution in [0.2, 0.25) is 0 Å². The Labute approximate surface area is 210 Å². The van der Waals surface area contributed by atoms with Crippen LogP contribution in [0.1, 0.15) is 28.9 Å². The predicted molar refractivity (Wildman–Crippen MR) is 138 cm³/mol. The van der Waals surface area contributed by atoms with Crippen molar-refractivity contribution >= 4 is 23.5 Å². The minimum Gasteiger partial charge on any atom is -0.481 e. The number of hydrogen-bond acceptors (Lipinski definition) is 5. The van der Waals surface area contributed by atoms with Crippen LogP contribution in [0, 0.1) is 6.92 Å². The van der Waals surface area contributed by atoms with Gasteiger partial charge in [-0.3, -0.25) is 14.4 Å². The summed E-state index contributed by atoms with van der Waals surface area (Å²) in [6, 6.07) is 21.9. The number of carboxylic acid groups (broad SMARTS) is 1. The van der Waals surface area contributed by atoms with E-state index in [1.54, 1.807) is 17.0 Å². The van der Waals surface area contributed by atoms with Crippen LogP contribution in [0.3, 0.4) is 0 Å². The van der Waals surface area contributed by atoms with Gasteiger partial charge >= 0.3 is 5.97 Å². The van der Waals surface area contributed by atoms with Crippen LogP contribution in [0.25, 0.3) is 11.3 Å². The summed E-state index contributed by atoms with van der Waals surface area (Å²) in [5.41, 5.74) is 3.98. The van der Waals surface area contributed by atoms with E-state index >= 15 is 0 Å². The van der Waals surface area contributed by atoms with Crippen molar-refractivity contribution in [1.29, 1.82) is 0 Å². The molecule has 36 heavy (non-hydrogen) atoms. The second kappa shape index (κ2) is 11.5. The third kappa shape index (κ3) is 6.27. The van der Waals surface area contributed by atoms with Crippen LogP contribution in [0.5, 0.6) is 0 Å². The average Bonchev–Trinajstić information content (AvgIpc) is 2.91. The smallest absolute Gasteiger partial charge is 0.303 e. The first-order valence-corrected chi connectivity index (χ1v) is 12.1. The van der Waals surface area contributed by atoms with E-state index in [1.165, 1.54) is 5.56 Å². The van der Waals surface area contributed by atoms with Crippen molar-refractivity contribution < 1.29 is 19.5 Å². The van der Waals surface area contributed by atoms with E-state index in [2.05, 4.69) is 27.3 Å². The summed E-state index contributed by atoms with van der Waals surface area (Å²) in [7, 11) is 0. The molecule has 1 fully saturated rings. The lowest BCUT2D eigenvalue weighted by Crippen LogP contribution is -2.55. The molecule has 1 saturated heterocycles. The van der Waals surface area contributed by atoms with Gasteiger partial charge in [0.05, 0.1) is 5.69 Å². The second-order valence-corrected chi connectivity index (χ2v) is 8.88. The van der Waals surface area contributed by atoms with Gasteiger partial charge < -0.3 is 20.2 Å². The van der Waals surface area contributed by atoms with E-state index in [-0.39, 0.29) is 24.4 Å². The molecule has 1 atom stereocenters. The van der Waals surface area contributed by atoms with E-state index in [9.17, 15) is 19.5 Å². The Bertz CT molecular complexity index is 1220. The standard InChI is InChI=1S/C28H30N4O4/c1-20-7-5-10-22(19-20)31-15-17-32(18-16-31)28(36)25(13-14-26(33)34)30-27(35)24-12-6-11-23(29-24)21-8-3-2-4-9-21/h2-12,19,25H,13-18H2,1H3,(H,30,35)(H,33,34)/t25-/m0/s1. The third-order valence-corrected chi connectivity index (χ3v) is 6.26. The quantitative estimate of drug-likeness (QED) is 0.506. The number of pyridine rings is 1. The van der Waals surface area contributed by atoms with Gasteiger partial charge in [0, 0.05) is 43.9 Å². The Morgan fingerprint density at radius 1 is 0.944 bits per heavy atom. The van der Waals surface area contributed by atoms with E-state index < -0.39 is 17.9 Å². The van der Waals surface area contributed by atoms with Gasteiger partial charge in [0.25, 0.3) is 5.91 Å². The highest BCUT2D eigenvalue weighted by molar-refractivity contribution is 5.96. The number of carboxylic acids is 1. The van der Waals surface area contributed by atoms with Crippen LogP contribution >= 0.6 is 0 Å². The molecular formula is C28H30N4O4. The normalized spacial score (nSPS) is 14.2. The molecule has 2 amide bonds. The Morgan fingerprint density at radius 3 is 2.36 bits per heavy atom. The second-order valence-electron chi connectivity index (χ2n) is 8.88. The van der Waals surface area contributed by atoms with Crippen LogP contribution < -0.4 is 10.2 Å². The number of nitrogens with one attached hydrogen (secondary N) is 1. The molecule has 4 rings (SSSR count). The topological polar surface area (TPSA) is 103 Å². The summed E-state index contributed by atoms with van der Waals surface area (Å²) in [5.74, 6) is -1.79. The fourth-order valence-electron chi connectivity index (χ4n) is 4.32. The molecule has 1 aliphatic heterocycles. The maximum atomic E-state index is 13.3. The maximum Gasteiger partial charge on any atom is 0.303 e. The minimum atomic E-state index is -1.02. The van der Waals surface area contributed by atoms with E-state index in [1.807, 2.05) is 55.5 Å². The van der Waals surface area contributed by atoms with E-state index in [0.717, 1.165) is 11.3 Å². The Kier molecular flexibility index (Phi) is 7.95. The highest BCUT2D eigenvalue weighted by Crippen LogP contribution is 2.19. The van der Waals surface area contributed by atoms with E-state index in [4.69, 9.17) is 0 Å². The molecule has 186 valence electrons. The van der Waals surface area contributed by atoms with Gasteiger partial charge in [0.1, 0.15) is 11.7 Å². The number of aromatic nitrogens is 1. The number of rotatable bonds is 8. The summed E-state index contributed by atoms with van der Waals surface area (Å²) in [4.78, 5) is 46.0. The van der Waals surface area contributed by atoms with Crippen molar-refractivity contribution in [2.24, 2.45) is 0 Å². The molecule has 0 spiro atoms. The van der Waals surface area contributed by atoms with Crippen molar-refractivity contribution in [3.05, 3.63) is 84.1 Å². The Hall–Kier alpha value is -4.20. The zero-order chi connectivity index (χ0) is 25.5. The summed E-state index contributed by atoms with van der Waals surface area (Å²) in [6.07, 6.45) is -0.214. The largest absolute Gasteiger partial charge is 0.481 e. The predicted octanol–water partition coefficient (Wildman–Crippen LogP) is 3.37. The molecule has 8 heteroatoms. The summed E-state index contributed by atoms with van der Waals surface area (Å²) < 4.78 is 0. The molecule has 8 nitrogen and oxygen atoms in total. The molecule has 2 N–H and O–H groups in total. The highest BCUT2D eigenvalue weighted by atomic mass is 16.4. The van der Waals surface area contributed by atoms with Crippen LogP contribution in [0.15, 0.2) is 72.8 Å². The number of anilines is 1. The van der Waals surface area contributed by atoms with Crippen molar-refractivity contribution in [3.63, 3.8) is 0 Å². The summed E-state index contributed by atoms with van der Waals surface area (Å²) in [5, 5.41) is 11.9. The van der Waals surface area contributed by atoms with Gasteiger partial charge in [-0.1, -0.05) is 48.5 Å². The molecule has 1 aromatic heterocycles. The fraction of sp³-hybridized carbons (Fsp3) is 0.286. The SMILES string of the molecule is Cc1cccc(N2CCN(C(=O)[C@H](CCC(=O)O)NC(=O)c3cccc(-c4ccccc4)n3)CC2)c1. The first kappa shape index (κ1) is 24.9. The molecular weight excluding hydrogens is 456 g/mol. The summed E-state index contributed by atoms with van der Waals surface area (Å²) in [6.45, 7) is 4.36. The van der Waals surface area contributed by atoms with Gasteiger partial charge in [0.2, 0.25) is 5.91 Å². The van der Waals surface area contributed by atoms with Gasteiger partial charge in [0.15, 0.2) is 0 Å². The molecule has 0 bridgehead atoms. The number of benzene rings is 2. The van der Waals surface area contributed by atoms with Gasteiger partial charge in [-0.15, -0.1) is 0 Å².